The second kappa shape index (κ2) is 5.97. The minimum absolute atomic E-state index is 0.185. The van der Waals surface area contributed by atoms with E-state index in [1.54, 1.807) is 0 Å². The number of aliphatic carboxylic acids is 1. The molecular formula is C10H21NO2. The minimum atomic E-state index is -0.712. The molecule has 0 bridgehead atoms. The lowest BCUT2D eigenvalue weighted by atomic mass is 9.85. The Bertz CT molecular complexity index is 151. The van der Waals surface area contributed by atoms with Gasteiger partial charge in [-0.05, 0) is 19.9 Å². The van der Waals surface area contributed by atoms with Crippen LogP contribution < -0.4 is 5.32 Å². The molecule has 0 heterocycles. The van der Waals surface area contributed by atoms with Gasteiger partial charge in [0.05, 0.1) is 6.42 Å². The maximum Gasteiger partial charge on any atom is 0.305 e. The van der Waals surface area contributed by atoms with E-state index >= 15 is 0 Å². The quantitative estimate of drug-likeness (QED) is 0.641. The average Bonchev–Trinajstić information content (AvgIpc) is 2.04. The normalized spacial score (nSPS) is 11.6. The molecule has 0 atom stereocenters. The molecule has 13 heavy (non-hydrogen) atoms. The Hall–Kier alpha value is -0.570. The lowest BCUT2D eigenvalue weighted by Gasteiger charge is -2.31. The molecule has 0 aliphatic heterocycles. The smallest absolute Gasteiger partial charge is 0.305 e. The Morgan fingerprint density at radius 3 is 2.00 bits per heavy atom. The van der Waals surface area contributed by atoms with Crippen LogP contribution in [0, 0.1) is 0 Å². The van der Waals surface area contributed by atoms with Crippen LogP contribution in [0.5, 0.6) is 0 Å². The van der Waals surface area contributed by atoms with Crippen molar-refractivity contribution >= 4 is 5.97 Å². The summed E-state index contributed by atoms with van der Waals surface area (Å²) in [6.07, 6.45) is 4.14. The Kier molecular flexibility index (Phi) is 5.71. The van der Waals surface area contributed by atoms with Gasteiger partial charge >= 0.3 is 5.97 Å². The van der Waals surface area contributed by atoms with E-state index in [0.717, 1.165) is 25.7 Å². The highest BCUT2D eigenvalue weighted by atomic mass is 16.4. The predicted octanol–water partition coefficient (Wildman–Crippen LogP) is 2.02. The van der Waals surface area contributed by atoms with Crippen LogP contribution in [0.3, 0.4) is 0 Å². The van der Waals surface area contributed by atoms with E-state index in [9.17, 15) is 4.79 Å². The molecule has 0 fully saturated rings. The standard InChI is InChI=1S/C10H21NO2/c1-4-6-10(11-3,7-5-2)8-9(12)13/h11H,4-8H2,1-3H3,(H,12,13). The van der Waals surface area contributed by atoms with Crippen molar-refractivity contribution in [2.45, 2.75) is 51.5 Å². The number of hydrogen-bond donors (Lipinski definition) is 2. The van der Waals surface area contributed by atoms with Gasteiger partial charge in [0, 0.05) is 5.54 Å². The monoisotopic (exact) mass is 187 g/mol. The molecule has 3 heteroatoms. The van der Waals surface area contributed by atoms with Crippen LogP contribution in [-0.4, -0.2) is 23.7 Å². The lowest BCUT2D eigenvalue weighted by Crippen LogP contribution is -2.44. The molecule has 0 rings (SSSR count). The molecular weight excluding hydrogens is 166 g/mol. The van der Waals surface area contributed by atoms with Crippen LogP contribution in [0.2, 0.25) is 0 Å². The molecule has 2 N–H and O–H groups in total. The molecule has 0 spiro atoms. The molecule has 0 unspecified atom stereocenters. The number of carboxylic acids is 1. The highest BCUT2D eigenvalue weighted by molar-refractivity contribution is 5.68. The second-order valence-corrected chi connectivity index (χ2v) is 3.60. The fourth-order valence-electron chi connectivity index (χ4n) is 1.89. The van der Waals surface area contributed by atoms with Crippen LogP contribution in [0.1, 0.15) is 46.0 Å². The molecule has 0 aromatic rings. The molecule has 0 radical (unpaired) electrons. The summed E-state index contributed by atoms with van der Waals surface area (Å²) in [5, 5.41) is 12.0. The van der Waals surface area contributed by atoms with Gasteiger partial charge < -0.3 is 10.4 Å². The summed E-state index contributed by atoms with van der Waals surface area (Å²) >= 11 is 0. The average molecular weight is 187 g/mol. The summed E-state index contributed by atoms with van der Waals surface area (Å²) in [7, 11) is 1.86. The summed E-state index contributed by atoms with van der Waals surface area (Å²) < 4.78 is 0. The first-order chi connectivity index (χ1) is 6.10. The molecule has 0 aliphatic rings. The molecule has 0 saturated carbocycles. The molecule has 0 aliphatic carbocycles. The number of carboxylic acid groups (broad SMARTS) is 1. The van der Waals surface area contributed by atoms with E-state index in [4.69, 9.17) is 5.11 Å². The fraction of sp³-hybridized carbons (Fsp3) is 0.900. The lowest BCUT2D eigenvalue weighted by molar-refractivity contribution is -0.138. The third-order valence-corrected chi connectivity index (χ3v) is 2.48. The Morgan fingerprint density at radius 2 is 1.77 bits per heavy atom. The fourth-order valence-corrected chi connectivity index (χ4v) is 1.89. The zero-order valence-electron chi connectivity index (χ0n) is 8.89. The molecule has 0 saturated heterocycles. The van der Waals surface area contributed by atoms with Gasteiger partial charge in [-0.25, -0.2) is 0 Å². The first kappa shape index (κ1) is 12.4. The second-order valence-electron chi connectivity index (χ2n) is 3.60. The SMILES string of the molecule is CCCC(CCC)(CC(=O)O)NC. The first-order valence-electron chi connectivity index (χ1n) is 5.01. The van der Waals surface area contributed by atoms with Crippen molar-refractivity contribution in [1.82, 2.24) is 5.32 Å². The van der Waals surface area contributed by atoms with Crippen molar-refractivity contribution in [3.63, 3.8) is 0 Å². The van der Waals surface area contributed by atoms with Gasteiger partial charge in [-0.1, -0.05) is 26.7 Å². The third kappa shape index (κ3) is 4.27. The highest BCUT2D eigenvalue weighted by Crippen LogP contribution is 2.23. The molecule has 0 amide bonds. The van der Waals surface area contributed by atoms with E-state index in [1.807, 2.05) is 7.05 Å². The highest BCUT2D eigenvalue weighted by Gasteiger charge is 2.28. The maximum absolute atomic E-state index is 10.7. The summed E-state index contributed by atoms with van der Waals surface area (Å²) in [5.41, 5.74) is -0.185. The molecule has 3 nitrogen and oxygen atoms in total. The van der Waals surface area contributed by atoms with Crippen molar-refractivity contribution < 1.29 is 9.90 Å². The Morgan fingerprint density at radius 1 is 1.31 bits per heavy atom. The summed E-state index contributed by atoms with van der Waals surface area (Å²) in [5.74, 6) is -0.712. The Labute approximate surface area is 80.5 Å². The predicted molar refractivity (Wildman–Crippen MR) is 53.9 cm³/mol. The van der Waals surface area contributed by atoms with Gasteiger partial charge in [0.15, 0.2) is 0 Å². The number of nitrogens with one attached hydrogen (secondary N) is 1. The van der Waals surface area contributed by atoms with Gasteiger partial charge in [0.2, 0.25) is 0 Å². The van der Waals surface area contributed by atoms with Crippen LogP contribution >= 0.6 is 0 Å². The van der Waals surface area contributed by atoms with Crippen LogP contribution in [-0.2, 0) is 4.79 Å². The maximum atomic E-state index is 10.7. The molecule has 0 aromatic heterocycles. The largest absolute Gasteiger partial charge is 0.481 e. The zero-order valence-corrected chi connectivity index (χ0v) is 8.89. The van der Waals surface area contributed by atoms with Crippen molar-refractivity contribution in [3.8, 4) is 0 Å². The Balaban J connectivity index is 4.33. The van der Waals surface area contributed by atoms with E-state index in [-0.39, 0.29) is 12.0 Å². The number of hydrogen-bond acceptors (Lipinski definition) is 2. The van der Waals surface area contributed by atoms with Gasteiger partial charge in [-0.3, -0.25) is 4.79 Å². The topological polar surface area (TPSA) is 49.3 Å². The van der Waals surface area contributed by atoms with E-state index in [1.165, 1.54) is 0 Å². The summed E-state index contributed by atoms with van der Waals surface area (Å²) in [4.78, 5) is 10.7. The van der Waals surface area contributed by atoms with Gasteiger partial charge in [0.25, 0.3) is 0 Å². The van der Waals surface area contributed by atoms with Crippen molar-refractivity contribution in [3.05, 3.63) is 0 Å². The molecule has 78 valence electrons. The van der Waals surface area contributed by atoms with Crippen molar-refractivity contribution in [2.24, 2.45) is 0 Å². The van der Waals surface area contributed by atoms with Crippen LogP contribution in [0.15, 0.2) is 0 Å². The third-order valence-electron chi connectivity index (χ3n) is 2.48. The van der Waals surface area contributed by atoms with Crippen molar-refractivity contribution in [1.29, 1.82) is 0 Å². The first-order valence-corrected chi connectivity index (χ1v) is 5.01. The summed E-state index contributed by atoms with van der Waals surface area (Å²) in [6, 6.07) is 0. The van der Waals surface area contributed by atoms with Crippen LogP contribution in [0.4, 0.5) is 0 Å². The van der Waals surface area contributed by atoms with Crippen molar-refractivity contribution in [2.75, 3.05) is 7.05 Å². The van der Waals surface area contributed by atoms with Crippen LogP contribution in [0.25, 0.3) is 0 Å². The van der Waals surface area contributed by atoms with Gasteiger partial charge in [0.1, 0.15) is 0 Å². The number of rotatable bonds is 7. The van der Waals surface area contributed by atoms with Gasteiger partial charge in [-0.2, -0.15) is 0 Å². The van der Waals surface area contributed by atoms with Gasteiger partial charge in [-0.15, -0.1) is 0 Å². The minimum Gasteiger partial charge on any atom is -0.481 e. The van der Waals surface area contributed by atoms with E-state index < -0.39 is 5.97 Å². The zero-order chi connectivity index (χ0) is 10.3. The van der Waals surface area contributed by atoms with E-state index in [2.05, 4.69) is 19.2 Å². The summed E-state index contributed by atoms with van der Waals surface area (Å²) in [6.45, 7) is 4.17. The molecule has 0 aromatic carbocycles. The van der Waals surface area contributed by atoms with E-state index in [0.29, 0.717) is 0 Å². The number of carbonyl (C=O) groups is 1.